The third-order valence-corrected chi connectivity index (χ3v) is 5.67. The van der Waals surface area contributed by atoms with Crippen LogP contribution in [-0.4, -0.2) is 12.6 Å². The van der Waals surface area contributed by atoms with Gasteiger partial charge in [0.05, 0.1) is 11.6 Å². The van der Waals surface area contributed by atoms with Crippen molar-refractivity contribution in [1.29, 1.82) is 5.26 Å². The van der Waals surface area contributed by atoms with E-state index in [-0.39, 0.29) is 12.2 Å². The molecule has 0 aliphatic carbocycles. The maximum absolute atomic E-state index is 11.9. The highest BCUT2D eigenvalue weighted by Gasteiger charge is 2.13. The van der Waals surface area contributed by atoms with E-state index in [4.69, 9.17) is 27.9 Å². The molecule has 0 N–H and O–H groups in total. The Morgan fingerprint density at radius 3 is 2.67 bits per heavy atom. The molecule has 0 atom stereocenters. The largest absolute Gasteiger partial charge is 0.462 e. The number of esters is 1. The molecular formula is C21H19Cl2NO2S. The minimum atomic E-state index is -0.609. The van der Waals surface area contributed by atoms with Crippen LogP contribution < -0.4 is 0 Å². The lowest BCUT2D eigenvalue weighted by molar-refractivity contribution is -0.137. The van der Waals surface area contributed by atoms with Crippen molar-refractivity contribution in [2.75, 3.05) is 6.61 Å². The maximum atomic E-state index is 11.9. The molecule has 0 unspecified atom stereocenters. The molecule has 0 radical (unpaired) electrons. The second kappa shape index (κ2) is 9.85. The van der Waals surface area contributed by atoms with Gasteiger partial charge in [-0.15, -0.1) is 11.8 Å². The van der Waals surface area contributed by atoms with E-state index in [1.807, 2.05) is 32.0 Å². The van der Waals surface area contributed by atoms with Crippen molar-refractivity contribution < 1.29 is 9.53 Å². The molecule has 0 saturated heterocycles. The Balaban J connectivity index is 2.33. The summed E-state index contributed by atoms with van der Waals surface area (Å²) < 4.78 is 4.94. The Labute approximate surface area is 173 Å². The molecule has 0 aliphatic heterocycles. The number of nitriles is 1. The van der Waals surface area contributed by atoms with E-state index in [1.165, 1.54) is 0 Å². The summed E-state index contributed by atoms with van der Waals surface area (Å²) in [4.78, 5) is 12.8. The molecule has 0 aliphatic rings. The second-order valence-corrected chi connectivity index (χ2v) is 7.75. The summed E-state index contributed by atoms with van der Waals surface area (Å²) in [7, 11) is 0. The zero-order valence-electron chi connectivity index (χ0n) is 15.3. The van der Waals surface area contributed by atoms with E-state index in [1.54, 1.807) is 36.9 Å². The number of ether oxygens (including phenoxy) is 1. The maximum Gasteiger partial charge on any atom is 0.348 e. The smallest absolute Gasteiger partial charge is 0.348 e. The van der Waals surface area contributed by atoms with E-state index in [0.717, 1.165) is 27.1 Å². The first-order chi connectivity index (χ1) is 12.8. The highest BCUT2D eigenvalue weighted by Crippen LogP contribution is 2.33. The highest BCUT2D eigenvalue weighted by molar-refractivity contribution is 7.98. The van der Waals surface area contributed by atoms with Crippen LogP contribution in [0.5, 0.6) is 0 Å². The van der Waals surface area contributed by atoms with Gasteiger partial charge in [-0.1, -0.05) is 40.9 Å². The summed E-state index contributed by atoms with van der Waals surface area (Å²) in [6, 6.07) is 11.3. The van der Waals surface area contributed by atoms with Crippen molar-refractivity contribution in [3.63, 3.8) is 0 Å². The van der Waals surface area contributed by atoms with E-state index >= 15 is 0 Å². The summed E-state index contributed by atoms with van der Waals surface area (Å²) in [6.07, 6.45) is 1.58. The topological polar surface area (TPSA) is 50.1 Å². The van der Waals surface area contributed by atoms with Crippen LogP contribution in [0.1, 0.15) is 29.2 Å². The first-order valence-electron chi connectivity index (χ1n) is 8.32. The number of carbonyl (C=O) groups excluding carboxylic acids is 1. The Morgan fingerprint density at radius 1 is 1.26 bits per heavy atom. The normalized spacial score (nSPS) is 11.2. The van der Waals surface area contributed by atoms with Gasteiger partial charge in [0.25, 0.3) is 0 Å². The van der Waals surface area contributed by atoms with Crippen LogP contribution in [0.3, 0.4) is 0 Å². The molecule has 0 heterocycles. The monoisotopic (exact) mass is 419 g/mol. The predicted octanol–water partition coefficient (Wildman–Crippen LogP) is 6.37. The van der Waals surface area contributed by atoms with Crippen molar-refractivity contribution in [3.8, 4) is 6.07 Å². The van der Waals surface area contributed by atoms with Crippen molar-refractivity contribution in [1.82, 2.24) is 0 Å². The summed E-state index contributed by atoms with van der Waals surface area (Å²) in [5.41, 5.74) is 3.96. The molecular weight excluding hydrogens is 401 g/mol. The van der Waals surface area contributed by atoms with Gasteiger partial charge in [0.15, 0.2) is 0 Å². The fourth-order valence-corrected chi connectivity index (χ4v) is 4.05. The van der Waals surface area contributed by atoms with Crippen LogP contribution in [0.2, 0.25) is 10.0 Å². The Morgan fingerprint density at radius 2 is 2.00 bits per heavy atom. The number of benzene rings is 2. The predicted molar refractivity (Wildman–Crippen MR) is 112 cm³/mol. The highest BCUT2D eigenvalue weighted by atomic mass is 35.5. The summed E-state index contributed by atoms with van der Waals surface area (Å²) in [5.74, 6) is 0.0814. The van der Waals surface area contributed by atoms with Crippen molar-refractivity contribution in [2.24, 2.45) is 0 Å². The minimum absolute atomic E-state index is 0.0120. The van der Waals surface area contributed by atoms with Crippen LogP contribution in [0.4, 0.5) is 0 Å². The Hall–Kier alpha value is -1.93. The average Bonchev–Trinajstić information content (AvgIpc) is 2.63. The van der Waals surface area contributed by atoms with Crippen LogP contribution in [-0.2, 0) is 15.3 Å². The number of rotatable bonds is 6. The molecule has 0 amide bonds. The zero-order chi connectivity index (χ0) is 20.0. The van der Waals surface area contributed by atoms with E-state index in [2.05, 4.69) is 6.07 Å². The number of hydrogen-bond acceptors (Lipinski definition) is 4. The SMILES string of the molecule is CCOC(=O)C(C#N)=Cc1cc(C)cc(CSc2cc(Cl)ccc2Cl)c1C. The zero-order valence-corrected chi connectivity index (χ0v) is 17.6. The Bertz CT molecular complexity index is 933. The number of thioether (sulfide) groups is 1. The number of nitrogens with zero attached hydrogens (tertiary/aromatic N) is 1. The number of halogens is 2. The van der Waals surface area contributed by atoms with Gasteiger partial charge >= 0.3 is 5.97 Å². The first kappa shape index (κ1) is 21.4. The lowest BCUT2D eigenvalue weighted by atomic mass is 9.98. The van der Waals surface area contributed by atoms with Crippen LogP contribution in [0, 0.1) is 25.2 Å². The third-order valence-electron chi connectivity index (χ3n) is 3.89. The van der Waals surface area contributed by atoms with Gasteiger partial charge in [-0.2, -0.15) is 5.26 Å². The van der Waals surface area contributed by atoms with Gasteiger partial charge in [-0.05, 0) is 61.7 Å². The van der Waals surface area contributed by atoms with Gasteiger partial charge in [-0.3, -0.25) is 0 Å². The number of hydrogen-bond donors (Lipinski definition) is 0. The van der Waals surface area contributed by atoms with Gasteiger partial charge < -0.3 is 4.74 Å². The molecule has 0 spiro atoms. The van der Waals surface area contributed by atoms with Crippen LogP contribution >= 0.6 is 35.0 Å². The molecule has 2 rings (SSSR count). The van der Waals surface area contributed by atoms with Crippen molar-refractivity contribution >= 4 is 47.0 Å². The lowest BCUT2D eigenvalue weighted by Gasteiger charge is -2.12. The molecule has 0 fully saturated rings. The Kier molecular flexibility index (Phi) is 7.79. The first-order valence-corrected chi connectivity index (χ1v) is 10.1. The van der Waals surface area contributed by atoms with Gasteiger partial charge in [-0.25, -0.2) is 4.79 Å². The van der Waals surface area contributed by atoms with E-state index in [0.29, 0.717) is 15.8 Å². The molecule has 0 aromatic heterocycles. The summed E-state index contributed by atoms with van der Waals surface area (Å²) in [5, 5.41) is 10.6. The van der Waals surface area contributed by atoms with Crippen LogP contribution in [0.15, 0.2) is 40.8 Å². The molecule has 2 aromatic rings. The quantitative estimate of drug-likeness (QED) is 0.236. The van der Waals surface area contributed by atoms with E-state index < -0.39 is 5.97 Å². The van der Waals surface area contributed by atoms with Crippen molar-refractivity contribution in [2.45, 2.75) is 31.4 Å². The molecule has 2 aromatic carbocycles. The minimum Gasteiger partial charge on any atom is -0.462 e. The fourth-order valence-electron chi connectivity index (χ4n) is 2.51. The molecule has 3 nitrogen and oxygen atoms in total. The summed E-state index contributed by atoms with van der Waals surface area (Å²) >= 11 is 13.9. The molecule has 6 heteroatoms. The number of carbonyl (C=O) groups is 1. The molecule has 27 heavy (non-hydrogen) atoms. The third kappa shape index (κ3) is 5.77. The summed E-state index contributed by atoms with van der Waals surface area (Å²) in [6.45, 7) is 5.89. The van der Waals surface area contributed by atoms with Gasteiger partial charge in [0.2, 0.25) is 0 Å². The average molecular weight is 420 g/mol. The molecule has 140 valence electrons. The lowest BCUT2D eigenvalue weighted by Crippen LogP contribution is -2.06. The fraction of sp³-hybridized carbons (Fsp3) is 0.238. The molecule has 0 bridgehead atoms. The van der Waals surface area contributed by atoms with Gasteiger partial charge in [0.1, 0.15) is 11.6 Å². The number of aryl methyl sites for hydroxylation is 1. The second-order valence-electron chi connectivity index (χ2n) is 5.89. The molecule has 0 saturated carbocycles. The van der Waals surface area contributed by atoms with Crippen LogP contribution in [0.25, 0.3) is 6.08 Å². The van der Waals surface area contributed by atoms with Gasteiger partial charge in [0, 0.05) is 15.7 Å². The van der Waals surface area contributed by atoms with Crippen molar-refractivity contribution in [3.05, 3.63) is 68.2 Å². The van der Waals surface area contributed by atoms with E-state index in [9.17, 15) is 10.1 Å². The standard InChI is InChI=1S/C21H19Cl2NO2S/c1-4-26-21(25)16(11-24)9-15-7-13(2)8-17(14(15)3)12-27-20-10-18(22)5-6-19(20)23/h5-10H,4,12H2,1-3H3.